The van der Waals surface area contributed by atoms with E-state index in [1.54, 1.807) is 0 Å². The van der Waals surface area contributed by atoms with Gasteiger partial charge in [-0.05, 0) is 49.1 Å². The second kappa shape index (κ2) is 7.16. The summed E-state index contributed by atoms with van der Waals surface area (Å²) in [7, 11) is 1.97. The number of likely N-dealkylation sites (tertiary alicyclic amines) is 1. The lowest BCUT2D eigenvalue weighted by Crippen LogP contribution is -2.39. The Morgan fingerprint density at radius 3 is 2.58 bits per heavy atom. The quantitative estimate of drug-likeness (QED) is 0.703. The molecule has 0 N–H and O–H groups in total. The monoisotopic (exact) mass is 345 g/mol. The molecule has 1 aromatic carbocycles. The van der Waals surface area contributed by atoms with Gasteiger partial charge in [-0.1, -0.05) is 36.4 Å². The second-order valence-corrected chi connectivity index (χ2v) is 6.79. The third kappa shape index (κ3) is 3.03. The van der Waals surface area contributed by atoms with Gasteiger partial charge < -0.3 is 9.47 Å². The lowest BCUT2D eigenvalue weighted by atomic mass is 9.98. The van der Waals surface area contributed by atoms with Gasteiger partial charge in [-0.3, -0.25) is 9.78 Å². The molecule has 0 bridgehead atoms. The van der Waals surface area contributed by atoms with Gasteiger partial charge >= 0.3 is 0 Å². The van der Waals surface area contributed by atoms with Crippen LogP contribution in [0.2, 0.25) is 0 Å². The predicted molar refractivity (Wildman–Crippen MR) is 103 cm³/mol. The van der Waals surface area contributed by atoms with Gasteiger partial charge in [-0.25, -0.2) is 0 Å². The topological polar surface area (TPSA) is 38.1 Å². The number of hydrogen-bond donors (Lipinski definition) is 0. The van der Waals surface area contributed by atoms with Crippen molar-refractivity contribution in [1.29, 1.82) is 0 Å². The van der Waals surface area contributed by atoms with Crippen molar-refractivity contribution in [3.05, 3.63) is 78.2 Å². The molecule has 26 heavy (non-hydrogen) atoms. The first-order valence-electron chi connectivity index (χ1n) is 9.19. The molecule has 1 aliphatic rings. The molecule has 1 amide bonds. The van der Waals surface area contributed by atoms with Gasteiger partial charge in [0.1, 0.15) is 5.69 Å². The number of carbonyl (C=O) groups is 1. The fraction of sp³-hybridized carbons (Fsp3) is 0.273. The highest BCUT2D eigenvalue weighted by atomic mass is 16.2. The lowest BCUT2D eigenvalue weighted by Gasteiger charge is -2.35. The molecular weight excluding hydrogens is 322 g/mol. The largest absolute Gasteiger partial charge is 0.340 e. The van der Waals surface area contributed by atoms with Gasteiger partial charge in [-0.2, -0.15) is 0 Å². The molecule has 3 aromatic rings. The average Bonchev–Trinajstić information content (AvgIpc) is 3.10. The smallest absolute Gasteiger partial charge is 0.271 e. The summed E-state index contributed by atoms with van der Waals surface area (Å²) in [6.45, 7) is 0.784. The number of amides is 1. The summed E-state index contributed by atoms with van der Waals surface area (Å²) in [4.78, 5) is 19.8. The standard InChI is InChI=1S/C22H23N3O/c1-24-19(17-9-3-2-4-10-17)13-14-21(24)22(26)25-16-8-6-12-20(25)18-11-5-7-15-23-18/h2-5,7,9-11,13-15,20H,6,8,12,16H2,1H3. The van der Waals surface area contributed by atoms with Crippen LogP contribution in [0.3, 0.4) is 0 Å². The number of piperidine rings is 1. The molecule has 1 aliphatic heterocycles. The van der Waals surface area contributed by atoms with E-state index in [2.05, 4.69) is 17.1 Å². The zero-order chi connectivity index (χ0) is 17.9. The van der Waals surface area contributed by atoms with Crippen LogP contribution >= 0.6 is 0 Å². The van der Waals surface area contributed by atoms with E-state index < -0.39 is 0 Å². The minimum absolute atomic E-state index is 0.0625. The summed E-state index contributed by atoms with van der Waals surface area (Å²) in [5, 5.41) is 0. The van der Waals surface area contributed by atoms with Crippen molar-refractivity contribution in [2.24, 2.45) is 7.05 Å². The number of carbonyl (C=O) groups excluding carboxylic acids is 1. The summed E-state index contributed by atoms with van der Waals surface area (Å²) in [5.41, 5.74) is 3.89. The summed E-state index contributed by atoms with van der Waals surface area (Å²) in [6, 6.07) is 20.2. The van der Waals surface area contributed by atoms with Gasteiger partial charge in [0.2, 0.25) is 0 Å². The summed E-state index contributed by atoms with van der Waals surface area (Å²) < 4.78 is 2.00. The van der Waals surface area contributed by atoms with Gasteiger partial charge in [0.15, 0.2) is 0 Å². The van der Waals surface area contributed by atoms with E-state index in [9.17, 15) is 4.79 Å². The minimum Gasteiger partial charge on any atom is -0.340 e. The van der Waals surface area contributed by atoms with Crippen molar-refractivity contribution in [3.8, 4) is 11.3 Å². The minimum atomic E-state index is 0.0625. The number of aromatic nitrogens is 2. The van der Waals surface area contributed by atoms with E-state index in [1.165, 1.54) is 0 Å². The Labute approximate surface area is 154 Å². The van der Waals surface area contributed by atoms with Crippen LogP contribution in [0.1, 0.15) is 41.5 Å². The van der Waals surface area contributed by atoms with Crippen LogP contribution in [0.4, 0.5) is 0 Å². The molecule has 4 nitrogen and oxygen atoms in total. The van der Waals surface area contributed by atoms with E-state index in [4.69, 9.17) is 0 Å². The molecule has 132 valence electrons. The maximum Gasteiger partial charge on any atom is 0.271 e. The van der Waals surface area contributed by atoms with E-state index in [0.29, 0.717) is 0 Å². The van der Waals surface area contributed by atoms with Gasteiger partial charge in [0, 0.05) is 25.5 Å². The summed E-state index contributed by atoms with van der Waals surface area (Å²) in [6.07, 6.45) is 4.96. The fourth-order valence-corrected chi connectivity index (χ4v) is 3.83. The normalized spacial score (nSPS) is 17.3. The first-order valence-corrected chi connectivity index (χ1v) is 9.19. The van der Waals surface area contributed by atoms with Crippen molar-refractivity contribution < 1.29 is 4.79 Å². The first kappa shape index (κ1) is 16.6. The molecule has 1 unspecified atom stereocenters. The molecule has 4 heteroatoms. The molecule has 3 heterocycles. The molecule has 0 radical (unpaired) electrons. The van der Waals surface area contributed by atoms with Gasteiger partial charge in [0.05, 0.1) is 11.7 Å². The maximum atomic E-state index is 13.3. The Morgan fingerprint density at radius 1 is 1.00 bits per heavy atom. The van der Waals surface area contributed by atoms with Crippen molar-refractivity contribution in [1.82, 2.24) is 14.5 Å². The number of nitrogens with zero attached hydrogens (tertiary/aromatic N) is 3. The number of rotatable bonds is 3. The fourth-order valence-electron chi connectivity index (χ4n) is 3.83. The Kier molecular flexibility index (Phi) is 4.57. The van der Waals surface area contributed by atoms with E-state index in [1.807, 2.05) is 71.2 Å². The number of hydrogen-bond acceptors (Lipinski definition) is 2. The van der Waals surface area contributed by atoms with Crippen molar-refractivity contribution in [3.63, 3.8) is 0 Å². The molecule has 4 rings (SSSR count). The Balaban J connectivity index is 1.65. The molecule has 2 aromatic heterocycles. The first-order chi connectivity index (χ1) is 12.8. The highest BCUT2D eigenvalue weighted by Gasteiger charge is 2.30. The average molecular weight is 345 g/mol. The third-order valence-corrected chi connectivity index (χ3v) is 5.20. The molecule has 1 atom stereocenters. The highest BCUT2D eigenvalue weighted by molar-refractivity contribution is 5.94. The predicted octanol–water partition coefficient (Wildman–Crippen LogP) is 4.45. The van der Waals surface area contributed by atoms with Gasteiger partial charge in [0.25, 0.3) is 5.91 Å². The highest BCUT2D eigenvalue weighted by Crippen LogP contribution is 2.32. The number of benzene rings is 1. The third-order valence-electron chi connectivity index (χ3n) is 5.20. The molecular formula is C22H23N3O. The summed E-state index contributed by atoms with van der Waals surface area (Å²) in [5.74, 6) is 0.0880. The SMILES string of the molecule is Cn1c(C(=O)N2CCCCC2c2ccccn2)ccc1-c1ccccc1. The maximum absolute atomic E-state index is 13.3. The van der Waals surface area contributed by atoms with E-state index in [0.717, 1.165) is 48.5 Å². The molecule has 1 saturated heterocycles. The summed E-state index contributed by atoms with van der Waals surface area (Å²) >= 11 is 0. The number of pyridine rings is 1. The van der Waals surface area contributed by atoms with Crippen LogP contribution in [0.5, 0.6) is 0 Å². The molecule has 0 saturated carbocycles. The zero-order valence-corrected chi connectivity index (χ0v) is 15.0. The Hall–Kier alpha value is -2.88. The lowest BCUT2D eigenvalue weighted by molar-refractivity contribution is 0.0596. The van der Waals surface area contributed by atoms with Crippen molar-refractivity contribution in [2.45, 2.75) is 25.3 Å². The molecule has 0 aliphatic carbocycles. The van der Waals surface area contributed by atoms with Crippen LogP contribution in [-0.2, 0) is 7.05 Å². The Morgan fingerprint density at radius 2 is 1.81 bits per heavy atom. The van der Waals surface area contributed by atoms with E-state index >= 15 is 0 Å². The van der Waals surface area contributed by atoms with Crippen molar-refractivity contribution >= 4 is 5.91 Å². The van der Waals surface area contributed by atoms with Crippen molar-refractivity contribution in [2.75, 3.05) is 6.54 Å². The van der Waals surface area contributed by atoms with Crippen LogP contribution in [-0.4, -0.2) is 26.9 Å². The second-order valence-electron chi connectivity index (χ2n) is 6.79. The van der Waals surface area contributed by atoms with Crippen LogP contribution in [0.25, 0.3) is 11.3 Å². The Bertz CT molecular complexity index is 886. The van der Waals surface area contributed by atoms with Gasteiger partial charge in [-0.15, -0.1) is 0 Å². The molecule has 0 spiro atoms. The van der Waals surface area contributed by atoms with Crippen LogP contribution in [0, 0.1) is 0 Å². The zero-order valence-electron chi connectivity index (χ0n) is 15.0. The molecule has 1 fully saturated rings. The van der Waals surface area contributed by atoms with Crippen LogP contribution < -0.4 is 0 Å². The van der Waals surface area contributed by atoms with E-state index in [-0.39, 0.29) is 11.9 Å². The van der Waals surface area contributed by atoms with Crippen LogP contribution in [0.15, 0.2) is 66.9 Å².